The molecule has 0 radical (unpaired) electrons. The summed E-state index contributed by atoms with van der Waals surface area (Å²) in [6, 6.07) is 0. The van der Waals surface area contributed by atoms with Crippen LogP contribution in [0.5, 0.6) is 0 Å². The maximum atomic E-state index is 5.39. The first-order chi connectivity index (χ1) is 4.33. The van der Waals surface area contributed by atoms with Crippen LogP contribution in [0, 0.1) is 0 Å². The van der Waals surface area contributed by atoms with Crippen LogP contribution >= 0.6 is 0 Å². The summed E-state index contributed by atoms with van der Waals surface area (Å²) in [6.07, 6.45) is 0. The first-order valence-electron chi connectivity index (χ1n) is 3.25. The molecule has 0 saturated carbocycles. The fraction of sp³-hybridized carbons (Fsp3) is 0.500. The van der Waals surface area contributed by atoms with Crippen LogP contribution in [0.2, 0.25) is 0 Å². The van der Waals surface area contributed by atoms with E-state index in [2.05, 4.69) is 18.5 Å². The number of nitrogens with one attached hydrogen (secondary N) is 1. The van der Waals surface area contributed by atoms with Gasteiger partial charge in [0.25, 0.3) is 0 Å². The van der Waals surface area contributed by atoms with E-state index in [-0.39, 0.29) is 5.54 Å². The average Bonchev–Trinajstić information content (AvgIpc) is 1.60. The number of hydrogen-bond donors (Lipinski definition) is 2. The molecule has 0 aromatic heterocycles. The third-order valence-electron chi connectivity index (χ3n) is 0.914. The second-order valence-corrected chi connectivity index (χ2v) is 3.38. The van der Waals surface area contributed by atoms with Crippen LogP contribution in [0.1, 0.15) is 20.8 Å². The topological polar surface area (TPSA) is 38.0 Å². The maximum absolute atomic E-state index is 5.39. The monoisotopic (exact) mass is 140 g/mol. The van der Waals surface area contributed by atoms with Crippen LogP contribution in [0.3, 0.4) is 0 Å². The number of hydrogen-bond acceptors (Lipinski definition) is 2. The summed E-state index contributed by atoms with van der Waals surface area (Å²) in [4.78, 5) is 0. The first-order valence-corrected chi connectivity index (χ1v) is 3.25. The van der Waals surface area contributed by atoms with Crippen LogP contribution in [-0.4, -0.2) is 5.54 Å². The summed E-state index contributed by atoms with van der Waals surface area (Å²) in [7, 11) is 0. The van der Waals surface area contributed by atoms with Gasteiger partial charge in [-0.05, 0) is 20.8 Å². The molecule has 0 fully saturated rings. The molecule has 0 atom stereocenters. The van der Waals surface area contributed by atoms with Gasteiger partial charge in [-0.1, -0.05) is 13.2 Å². The van der Waals surface area contributed by atoms with Crippen LogP contribution in [0.25, 0.3) is 0 Å². The zero-order valence-corrected chi connectivity index (χ0v) is 6.99. The molecule has 58 valence electrons. The highest BCUT2D eigenvalue weighted by atomic mass is 15.0. The molecule has 0 amide bonds. The van der Waals surface area contributed by atoms with Crippen molar-refractivity contribution in [2.24, 2.45) is 5.73 Å². The van der Waals surface area contributed by atoms with E-state index in [1.165, 1.54) is 0 Å². The molecule has 0 unspecified atom stereocenters. The average molecular weight is 140 g/mol. The van der Waals surface area contributed by atoms with E-state index in [0.717, 1.165) is 0 Å². The predicted octanol–water partition coefficient (Wildman–Crippen LogP) is 1.36. The van der Waals surface area contributed by atoms with Gasteiger partial charge in [0.2, 0.25) is 0 Å². The van der Waals surface area contributed by atoms with E-state index in [1.807, 2.05) is 20.8 Å². The molecule has 3 N–H and O–H groups in total. The smallest absolute Gasteiger partial charge is 0.0498 e. The summed E-state index contributed by atoms with van der Waals surface area (Å²) in [6.45, 7) is 13.4. The van der Waals surface area contributed by atoms with Crippen molar-refractivity contribution in [3.05, 3.63) is 24.6 Å². The highest BCUT2D eigenvalue weighted by Gasteiger charge is 2.09. The molecule has 0 aliphatic rings. The van der Waals surface area contributed by atoms with Gasteiger partial charge in [0.15, 0.2) is 0 Å². The Hall–Kier alpha value is -0.920. The zero-order chi connectivity index (χ0) is 8.36. The Labute approximate surface area is 62.8 Å². The van der Waals surface area contributed by atoms with E-state index in [1.54, 1.807) is 0 Å². The fourth-order valence-electron chi connectivity index (χ4n) is 0.533. The number of nitrogens with two attached hydrogens (primary N) is 1. The molecule has 0 heterocycles. The van der Waals surface area contributed by atoms with Gasteiger partial charge in [-0.2, -0.15) is 0 Å². The Kier molecular flexibility index (Phi) is 2.52. The lowest BCUT2D eigenvalue weighted by atomic mass is 10.1. The summed E-state index contributed by atoms with van der Waals surface area (Å²) >= 11 is 0. The van der Waals surface area contributed by atoms with Gasteiger partial charge in [0.1, 0.15) is 0 Å². The summed E-state index contributed by atoms with van der Waals surface area (Å²) in [5.74, 6) is 0. The van der Waals surface area contributed by atoms with Gasteiger partial charge in [0.05, 0.1) is 0 Å². The van der Waals surface area contributed by atoms with E-state index >= 15 is 0 Å². The maximum Gasteiger partial charge on any atom is 0.0498 e. The molecule has 10 heavy (non-hydrogen) atoms. The predicted molar refractivity (Wildman–Crippen MR) is 45.4 cm³/mol. The van der Waals surface area contributed by atoms with Crippen molar-refractivity contribution >= 4 is 0 Å². The Morgan fingerprint density at radius 1 is 1.30 bits per heavy atom. The van der Waals surface area contributed by atoms with Crippen LogP contribution < -0.4 is 11.1 Å². The van der Waals surface area contributed by atoms with Crippen molar-refractivity contribution in [2.45, 2.75) is 26.3 Å². The van der Waals surface area contributed by atoms with Crippen molar-refractivity contribution in [1.82, 2.24) is 5.32 Å². The highest BCUT2D eigenvalue weighted by molar-refractivity contribution is 5.20. The molecule has 2 nitrogen and oxygen atoms in total. The van der Waals surface area contributed by atoms with Crippen molar-refractivity contribution in [3.8, 4) is 0 Å². The Morgan fingerprint density at radius 3 is 1.80 bits per heavy atom. The van der Waals surface area contributed by atoms with E-state index in [0.29, 0.717) is 11.4 Å². The zero-order valence-electron chi connectivity index (χ0n) is 6.99. The summed E-state index contributed by atoms with van der Waals surface area (Å²) in [5.41, 5.74) is 6.60. The molecule has 0 aliphatic carbocycles. The normalized spacial score (nSPS) is 10.7. The molecular weight excluding hydrogens is 124 g/mol. The molecule has 0 rings (SSSR count). The minimum atomic E-state index is 0.0133. The largest absolute Gasteiger partial charge is 0.398 e. The lowest BCUT2D eigenvalue weighted by molar-refractivity contribution is 0.477. The molecule has 2 heteroatoms. The van der Waals surface area contributed by atoms with Crippen molar-refractivity contribution in [2.75, 3.05) is 0 Å². The van der Waals surface area contributed by atoms with Gasteiger partial charge in [-0.15, -0.1) is 0 Å². The van der Waals surface area contributed by atoms with E-state index in [9.17, 15) is 0 Å². The second kappa shape index (κ2) is 2.78. The highest BCUT2D eigenvalue weighted by Crippen LogP contribution is 2.04. The molecule has 0 bridgehead atoms. The van der Waals surface area contributed by atoms with Crippen molar-refractivity contribution in [1.29, 1.82) is 0 Å². The third kappa shape index (κ3) is 4.01. The minimum absolute atomic E-state index is 0.0133. The standard InChI is InChI=1S/C8H16N2/c1-6(9)7(2)10-8(3,4)5/h10H,1-2,9H2,3-5H3. The Morgan fingerprint density at radius 2 is 1.70 bits per heavy atom. The Balaban J connectivity index is 3.93. The fourth-order valence-corrected chi connectivity index (χ4v) is 0.533. The first kappa shape index (κ1) is 9.08. The van der Waals surface area contributed by atoms with Gasteiger partial charge >= 0.3 is 0 Å². The minimum Gasteiger partial charge on any atom is -0.398 e. The molecule has 0 spiro atoms. The SMILES string of the molecule is C=C(N)C(=C)NC(C)(C)C. The quantitative estimate of drug-likeness (QED) is 0.568. The molecule has 0 saturated heterocycles. The third-order valence-corrected chi connectivity index (χ3v) is 0.914. The lowest BCUT2D eigenvalue weighted by Gasteiger charge is -2.23. The molecule has 0 aromatic carbocycles. The van der Waals surface area contributed by atoms with Crippen molar-refractivity contribution < 1.29 is 0 Å². The van der Waals surface area contributed by atoms with Gasteiger partial charge in [-0.3, -0.25) is 0 Å². The van der Waals surface area contributed by atoms with Gasteiger partial charge in [-0.25, -0.2) is 0 Å². The van der Waals surface area contributed by atoms with E-state index in [4.69, 9.17) is 5.73 Å². The van der Waals surface area contributed by atoms with Gasteiger partial charge in [0, 0.05) is 16.9 Å². The van der Waals surface area contributed by atoms with Crippen molar-refractivity contribution in [3.63, 3.8) is 0 Å². The summed E-state index contributed by atoms with van der Waals surface area (Å²) < 4.78 is 0. The van der Waals surface area contributed by atoms with E-state index < -0.39 is 0 Å². The second-order valence-electron chi connectivity index (χ2n) is 3.38. The summed E-state index contributed by atoms with van der Waals surface area (Å²) in [5, 5.41) is 3.10. The van der Waals surface area contributed by atoms with Gasteiger partial charge < -0.3 is 11.1 Å². The Bertz CT molecular complexity index is 151. The molecular formula is C8H16N2. The van der Waals surface area contributed by atoms with Crippen LogP contribution in [0.15, 0.2) is 24.6 Å². The lowest BCUT2D eigenvalue weighted by Crippen LogP contribution is -2.36. The van der Waals surface area contributed by atoms with Crippen LogP contribution in [0.4, 0.5) is 0 Å². The molecule has 0 aromatic rings. The molecule has 0 aliphatic heterocycles. The number of rotatable bonds is 2. The van der Waals surface area contributed by atoms with Crippen LogP contribution in [-0.2, 0) is 0 Å².